The number of benzene rings is 2. The fraction of sp³-hybridized carbons (Fsp3) is 0.318. The number of aromatic nitrogens is 3. The lowest BCUT2D eigenvalue weighted by molar-refractivity contribution is 0.111. The van der Waals surface area contributed by atoms with Crippen molar-refractivity contribution < 1.29 is 19.0 Å². The minimum absolute atomic E-state index is 0.477. The van der Waals surface area contributed by atoms with Crippen LogP contribution >= 0.6 is 11.8 Å². The molecule has 2 aromatic carbocycles. The van der Waals surface area contributed by atoms with Gasteiger partial charge in [-0.15, -0.1) is 10.2 Å². The fourth-order valence-corrected chi connectivity index (χ4v) is 3.73. The molecule has 30 heavy (non-hydrogen) atoms. The molecular weight excluding hydrogens is 402 g/mol. The highest BCUT2D eigenvalue weighted by atomic mass is 32.2. The van der Waals surface area contributed by atoms with E-state index < -0.39 is 0 Å². The number of hydrogen-bond acceptors (Lipinski definition) is 7. The molecule has 0 fully saturated rings. The first kappa shape index (κ1) is 21.7. The zero-order valence-corrected chi connectivity index (χ0v) is 18.1. The summed E-state index contributed by atoms with van der Waals surface area (Å²) in [6.07, 6.45) is 2.28. The van der Waals surface area contributed by atoms with Crippen molar-refractivity contribution in [3.8, 4) is 17.2 Å². The molecule has 0 saturated heterocycles. The van der Waals surface area contributed by atoms with Crippen LogP contribution in [0.2, 0.25) is 0 Å². The Morgan fingerprint density at radius 2 is 1.87 bits per heavy atom. The van der Waals surface area contributed by atoms with Crippen molar-refractivity contribution in [1.82, 2.24) is 14.8 Å². The van der Waals surface area contributed by atoms with Crippen molar-refractivity contribution in [3.05, 3.63) is 59.4 Å². The van der Waals surface area contributed by atoms with Crippen molar-refractivity contribution in [2.75, 3.05) is 26.6 Å². The second-order valence-corrected chi connectivity index (χ2v) is 7.59. The number of nitrogens with zero attached hydrogens (tertiary/aromatic N) is 3. The Labute approximate surface area is 180 Å². The Morgan fingerprint density at radius 1 is 1.07 bits per heavy atom. The number of ether oxygens (including phenoxy) is 3. The van der Waals surface area contributed by atoms with Gasteiger partial charge in [-0.25, -0.2) is 0 Å². The Morgan fingerprint density at radius 3 is 2.57 bits per heavy atom. The van der Waals surface area contributed by atoms with Gasteiger partial charge in [-0.05, 0) is 36.2 Å². The Bertz CT molecular complexity index is 973. The molecule has 3 rings (SSSR count). The molecule has 0 atom stereocenters. The van der Waals surface area contributed by atoms with Crippen LogP contribution in [0.4, 0.5) is 0 Å². The first-order chi connectivity index (χ1) is 14.7. The van der Waals surface area contributed by atoms with Gasteiger partial charge in [-0.3, -0.25) is 4.79 Å². The van der Waals surface area contributed by atoms with E-state index in [1.165, 1.54) is 0 Å². The summed E-state index contributed by atoms with van der Waals surface area (Å²) in [4.78, 5) is 11.2. The third-order valence-electron chi connectivity index (χ3n) is 4.57. The lowest BCUT2D eigenvalue weighted by Gasteiger charge is -2.12. The predicted molar refractivity (Wildman–Crippen MR) is 116 cm³/mol. The van der Waals surface area contributed by atoms with Gasteiger partial charge >= 0.3 is 0 Å². The van der Waals surface area contributed by atoms with E-state index in [2.05, 4.69) is 10.2 Å². The summed E-state index contributed by atoms with van der Waals surface area (Å²) in [5, 5.41) is 9.49. The Hall–Kier alpha value is -3.00. The summed E-state index contributed by atoms with van der Waals surface area (Å²) in [5.74, 6) is 3.61. The predicted octanol–water partition coefficient (Wildman–Crippen LogP) is 3.80. The first-order valence-electron chi connectivity index (χ1n) is 9.55. The fourth-order valence-electron chi connectivity index (χ4n) is 2.89. The van der Waals surface area contributed by atoms with E-state index in [9.17, 15) is 4.79 Å². The molecule has 0 bridgehead atoms. The number of hydrogen-bond donors (Lipinski definition) is 0. The molecule has 0 spiro atoms. The van der Waals surface area contributed by atoms with E-state index in [1.807, 2.05) is 35.9 Å². The van der Waals surface area contributed by atoms with E-state index in [-0.39, 0.29) is 0 Å². The minimum Gasteiger partial charge on any atom is -0.497 e. The Balaban J connectivity index is 1.50. The Kier molecular flexibility index (Phi) is 7.73. The van der Waals surface area contributed by atoms with Crippen LogP contribution in [0.25, 0.3) is 0 Å². The molecule has 0 N–H and O–H groups in total. The minimum atomic E-state index is 0.477. The molecule has 0 amide bonds. The second-order valence-electron chi connectivity index (χ2n) is 6.53. The molecule has 0 saturated carbocycles. The van der Waals surface area contributed by atoms with Crippen molar-refractivity contribution in [1.29, 1.82) is 0 Å². The van der Waals surface area contributed by atoms with Gasteiger partial charge < -0.3 is 18.8 Å². The quantitative estimate of drug-likeness (QED) is 0.262. The van der Waals surface area contributed by atoms with Crippen LogP contribution in [0.5, 0.6) is 17.2 Å². The van der Waals surface area contributed by atoms with Crippen LogP contribution in [-0.2, 0) is 13.5 Å². The zero-order chi connectivity index (χ0) is 21.3. The number of methoxy groups -OCH3 is 2. The van der Waals surface area contributed by atoms with Crippen molar-refractivity contribution in [2.24, 2.45) is 7.05 Å². The van der Waals surface area contributed by atoms with Gasteiger partial charge in [-0.1, -0.05) is 30.0 Å². The van der Waals surface area contributed by atoms with Crippen LogP contribution in [0, 0.1) is 0 Å². The summed E-state index contributed by atoms with van der Waals surface area (Å²) in [5.41, 5.74) is 1.64. The van der Waals surface area contributed by atoms with Crippen molar-refractivity contribution in [2.45, 2.75) is 18.0 Å². The molecule has 1 aromatic heterocycles. The molecule has 1 heterocycles. The van der Waals surface area contributed by atoms with Gasteiger partial charge in [0.2, 0.25) is 0 Å². The number of para-hydroxylation sites is 1. The third-order valence-corrected chi connectivity index (χ3v) is 5.68. The molecule has 0 radical (unpaired) electrons. The van der Waals surface area contributed by atoms with Crippen LogP contribution in [0.3, 0.4) is 0 Å². The molecule has 0 unspecified atom stereocenters. The molecule has 3 aromatic rings. The van der Waals surface area contributed by atoms with E-state index in [4.69, 9.17) is 14.2 Å². The highest BCUT2D eigenvalue weighted by Crippen LogP contribution is 2.30. The van der Waals surface area contributed by atoms with Crippen LogP contribution in [0.15, 0.2) is 47.6 Å². The van der Waals surface area contributed by atoms with Gasteiger partial charge in [0.05, 0.1) is 26.4 Å². The standard InChI is InChI=1S/C22H25N3O4S/c1-25-20(14-16-8-10-18(27-2)11-9-16)23-24-22(25)30-13-5-12-29-21-17(15-26)6-4-7-19(21)28-3/h4,6-11,15H,5,12-14H2,1-3H3. The summed E-state index contributed by atoms with van der Waals surface area (Å²) >= 11 is 1.63. The van der Waals surface area contributed by atoms with Gasteiger partial charge in [0, 0.05) is 19.2 Å². The lowest BCUT2D eigenvalue weighted by atomic mass is 10.1. The molecule has 8 heteroatoms. The maximum absolute atomic E-state index is 11.2. The van der Waals surface area contributed by atoms with Gasteiger partial charge in [0.15, 0.2) is 22.9 Å². The third kappa shape index (κ3) is 5.33. The van der Waals surface area contributed by atoms with Gasteiger partial charge in [0.1, 0.15) is 11.6 Å². The number of rotatable bonds is 11. The van der Waals surface area contributed by atoms with Crippen molar-refractivity contribution >= 4 is 18.0 Å². The molecule has 0 aliphatic heterocycles. The zero-order valence-electron chi connectivity index (χ0n) is 17.3. The first-order valence-corrected chi connectivity index (χ1v) is 10.5. The maximum atomic E-state index is 11.2. The summed E-state index contributed by atoms with van der Waals surface area (Å²) in [7, 11) is 5.19. The lowest BCUT2D eigenvalue weighted by Crippen LogP contribution is -2.04. The molecule has 0 aliphatic carbocycles. The number of thioether (sulfide) groups is 1. The monoisotopic (exact) mass is 427 g/mol. The maximum Gasteiger partial charge on any atom is 0.190 e. The molecule has 7 nitrogen and oxygen atoms in total. The molecule has 158 valence electrons. The summed E-state index contributed by atoms with van der Waals surface area (Å²) in [6.45, 7) is 0.477. The highest BCUT2D eigenvalue weighted by molar-refractivity contribution is 7.99. The number of carbonyl (C=O) groups excluding carboxylic acids is 1. The van der Waals surface area contributed by atoms with Crippen LogP contribution in [-0.4, -0.2) is 47.6 Å². The van der Waals surface area contributed by atoms with Gasteiger partial charge in [-0.2, -0.15) is 0 Å². The summed E-state index contributed by atoms with van der Waals surface area (Å²) in [6, 6.07) is 13.2. The van der Waals surface area contributed by atoms with Gasteiger partial charge in [0.25, 0.3) is 0 Å². The second kappa shape index (κ2) is 10.7. The van der Waals surface area contributed by atoms with Crippen LogP contribution < -0.4 is 14.2 Å². The smallest absolute Gasteiger partial charge is 0.190 e. The topological polar surface area (TPSA) is 75.5 Å². The van der Waals surface area contributed by atoms with Crippen LogP contribution in [0.1, 0.15) is 28.2 Å². The van der Waals surface area contributed by atoms with E-state index >= 15 is 0 Å². The van der Waals surface area contributed by atoms with E-state index in [0.717, 1.165) is 40.8 Å². The normalized spacial score (nSPS) is 10.6. The molecule has 0 aliphatic rings. The SMILES string of the molecule is COc1ccc(Cc2nnc(SCCCOc3c(C=O)cccc3OC)n2C)cc1. The molecular formula is C22H25N3O4S. The summed E-state index contributed by atoms with van der Waals surface area (Å²) < 4.78 is 18.3. The largest absolute Gasteiger partial charge is 0.497 e. The van der Waals surface area contributed by atoms with Crippen molar-refractivity contribution in [3.63, 3.8) is 0 Å². The van der Waals surface area contributed by atoms with E-state index in [1.54, 1.807) is 44.2 Å². The van der Waals surface area contributed by atoms with E-state index in [0.29, 0.717) is 30.1 Å². The average Bonchev–Trinajstić information content (AvgIpc) is 3.13. The average molecular weight is 428 g/mol. The highest BCUT2D eigenvalue weighted by Gasteiger charge is 2.12. The number of carbonyl (C=O) groups is 1. The number of aldehydes is 1.